The Morgan fingerprint density at radius 1 is 0.889 bits per heavy atom. The SMILES string of the molecule is O=C(CC(c1ccc2c(c1)OCO2)c1c(O)c2ccccc2oc1=O)NCc1ccc2c(c1)OCO2. The van der Waals surface area contributed by atoms with Crippen LogP contribution in [0.2, 0.25) is 0 Å². The van der Waals surface area contributed by atoms with Gasteiger partial charge >= 0.3 is 5.63 Å². The second-order valence-electron chi connectivity index (χ2n) is 8.48. The van der Waals surface area contributed by atoms with E-state index in [2.05, 4.69) is 5.32 Å². The first-order chi connectivity index (χ1) is 17.6. The number of fused-ring (bicyclic) bond motifs is 3. The average molecular weight is 487 g/mol. The quantitative estimate of drug-likeness (QED) is 0.395. The minimum Gasteiger partial charge on any atom is -0.507 e. The van der Waals surface area contributed by atoms with Crippen LogP contribution in [0.5, 0.6) is 28.7 Å². The number of para-hydroxylation sites is 1. The highest BCUT2D eigenvalue weighted by Gasteiger charge is 2.28. The molecule has 1 unspecified atom stereocenters. The number of hydrogen-bond donors (Lipinski definition) is 2. The van der Waals surface area contributed by atoms with Crippen LogP contribution in [0.3, 0.4) is 0 Å². The maximum absolute atomic E-state index is 13.1. The summed E-state index contributed by atoms with van der Waals surface area (Å²) in [4.78, 5) is 26.1. The lowest BCUT2D eigenvalue weighted by atomic mass is 9.87. The van der Waals surface area contributed by atoms with Crippen molar-refractivity contribution in [2.45, 2.75) is 18.9 Å². The fourth-order valence-corrected chi connectivity index (χ4v) is 4.48. The van der Waals surface area contributed by atoms with Gasteiger partial charge in [-0.3, -0.25) is 4.79 Å². The summed E-state index contributed by atoms with van der Waals surface area (Å²) in [5.74, 6) is 1.03. The maximum atomic E-state index is 13.1. The molecule has 0 radical (unpaired) electrons. The number of hydrogen-bond acceptors (Lipinski definition) is 8. The Hall–Kier alpha value is -4.66. The van der Waals surface area contributed by atoms with Crippen LogP contribution in [-0.4, -0.2) is 24.6 Å². The summed E-state index contributed by atoms with van der Waals surface area (Å²) in [5.41, 5.74) is 0.999. The van der Waals surface area contributed by atoms with Gasteiger partial charge in [0.2, 0.25) is 19.5 Å². The Balaban J connectivity index is 1.32. The van der Waals surface area contributed by atoms with E-state index in [1.54, 1.807) is 48.5 Å². The molecule has 182 valence electrons. The van der Waals surface area contributed by atoms with Crippen LogP contribution in [-0.2, 0) is 11.3 Å². The fraction of sp³-hybridized carbons (Fsp3) is 0.185. The molecule has 0 spiro atoms. The van der Waals surface area contributed by atoms with E-state index in [0.29, 0.717) is 33.9 Å². The van der Waals surface area contributed by atoms with Crippen molar-refractivity contribution in [2.24, 2.45) is 0 Å². The molecule has 3 heterocycles. The molecule has 3 aromatic carbocycles. The van der Waals surface area contributed by atoms with Crippen molar-refractivity contribution in [1.29, 1.82) is 0 Å². The van der Waals surface area contributed by atoms with Gasteiger partial charge in [-0.25, -0.2) is 4.79 Å². The van der Waals surface area contributed by atoms with Crippen LogP contribution >= 0.6 is 0 Å². The molecule has 0 bridgehead atoms. The molecule has 9 heteroatoms. The Kier molecular flexibility index (Phi) is 5.37. The van der Waals surface area contributed by atoms with Gasteiger partial charge in [0.25, 0.3) is 0 Å². The lowest BCUT2D eigenvalue weighted by molar-refractivity contribution is -0.121. The minimum atomic E-state index is -0.794. The highest BCUT2D eigenvalue weighted by molar-refractivity contribution is 5.85. The third kappa shape index (κ3) is 3.94. The highest BCUT2D eigenvalue weighted by Crippen LogP contribution is 2.40. The van der Waals surface area contributed by atoms with Crippen LogP contribution in [0.15, 0.2) is 69.9 Å². The van der Waals surface area contributed by atoms with Gasteiger partial charge in [-0.1, -0.05) is 24.3 Å². The van der Waals surface area contributed by atoms with Crippen molar-refractivity contribution in [3.63, 3.8) is 0 Å². The second-order valence-corrected chi connectivity index (χ2v) is 8.48. The standard InChI is InChI=1S/C27H21NO8/c29-24(28-12-15-5-7-20-22(9-15)34-13-32-20)11-18(16-6-8-21-23(10-16)35-14-33-21)25-26(30)17-3-1-2-4-19(17)36-27(25)31/h1-10,18,30H,11-14H2,(H,28,29). The van der Waals surface area contributed by atoms with E-state index in [1.165, 1.54) is 0 Å². The summed E-state index contributed by atoms with van der Waals surface area (Å²) >= 11 is 0. The summed E-state index contributed by atoms with van der Waals surface area (Å²) < 4.78 is 27.1. The zero-order chi connectivity index (χ0) is 24.6. The van der Waals surface area contributed by atoms with Gasteiger partial charge in [-0.15, -0.1) is 0 Å². The first kappa shape index (κ1) is 21.8. The third-order valence-corrected chi connectivity index (χ3v) is 6.28. The van der Waals surface area contributed by atoms with Gasteiger partial charge in [0.1, 0.15) is 11.3 Å². The zero-order valence-corrected chi connectivity index (χ0v) is 19.0. The molecule has 4 aromatic rings. The van der Waals surface area contributed by atoms with Gasteiger partial charge in [0.05, 0.1) is 10.9 Å². The normalized spacial score (nSPS) is 14.1. The van der Waals surface area contributed by atoms with E-state index in [-0.39, 0.29) is 49.4 Å². The van der Waals surface area contributed by atoms with Crippen molar-refractivity contribution in [3.05, 3.63) is 87.8 Å². The van der Waals surface area contributed by atoms with E-state index in [1.807, 2.05) is 12.1 Å². The van der Waals surface area contributed by atoms with Crippen molar-refractivity contribution in [1.82, 2.24) is 5.32 Å². The Morgan fingerprint density at radius 2 is 1.58 bits per heavy atom. The Labute approximate surface area is 204 Å². The number of ether oxygens (including phenoxy) is 4. The largest absolute Gasteiger partial charge is 0.507 e. The number of amides is 1. The molecule has 2 N–H and O–H groups in total. The van der Waals surface area contributed by atoms with Crippen LogP contribution in [0.1, 0.15) is 29.0 Å². The summed E-state index contributed by atoms with van der Waals surface area (Å²) in [7, 11) is 0. The summed E-state index contributed by atoms with van der Waals surface area (Å²) in [6, 6.07) is 17.3. The molecule has 0 saturated heterocycles. The average Bonchev–Trinajstić information content (AvgIpc) is 3.55. The molecular formula is C27H21NO8. The molecule has 2 aliphatic heterocycles. The summed E-state index contributed by atoms with van der Waals surface area (Å²) in [6.07, 6.45) is -0.110. The molecule has 1 aromatic heterocycles. The molecule has 9 nitrogen and oxygen atoms in total. The molecule has 0 saturated carbocycles. The van der Waals surface area contributed by atoms with Crippen LogP contribution < -0.4 is 29.9 Å². The monoisotopic (exact) mass is 487 g/mol. The van der Waals surface area contributed by atoms with Crippen molar-refractivity contribution in [2.75, 3.05) is 13.6 Å². The van der Waals surface area contributed by atoms with E-state index in [0.717, 1.165) is 5.56 Å². The molecular weight excluding hydrogens is 466 g/mol. The first-order valence-corrected chi connectivity index (χ1v) is 11.4. The number of nitrogens with one attached hydrogen (secondary N) is 1. The second kappa shape index (κ2) is 8.84. The summed E-state index contributed by atoms with van der Waals surface area (Å²) in [5, 5.41) is 14.4. The van der Waals surface area contributed by atoms with Gasteiger partial charge in [0, 0.05) is 18.9 Å². The lowest BCUT2D eigenvalue weighted by Gasteiger charge is -2.19. The minimum absolute atomic E-state index is 0.00537. The van der Waals surface area contributed by atoms with Gasteiger partial charge in [0.15, 0.2) is 23.0 Å². The number of aromatic hydroxyl groups is 1. The molecule has 1 amide bonds. The molecule has 2 aliphatic rings. The molecule has 6 rings (SSSR count). The van der Waals surface area contributed by atoms with Gasteiger partial charge in [-0.05, 0) is 47.5 Å². The van der Waals surface area contributed by atoms with Crippen molar-refractivity contribution < 1.29 is 33.3 Å². The van der Waals surface area contributed by atoms with Crippen molar-refractivity contribution >= 4 is 16.9 Å². The number of carbonyl (C=O) groups excluding carboxylic acids is 1. The Morgan fingerprint density at radius 3 is 2.39 bits per heavy atom. The van der Waals surface area contributed by atoms with E-state index < -0.39 is 11.5 Å². The number of benzene rings is 3. The molecule has 36 heavy (non-hydrogen) atoms. The molecule has 0 fully saturated rings. The van der Waals surface area contributed by atoms with Gasteiger partial charge < -0.3 is 33.8 Å². The van der Waals surface area contributed by atoms with Crippen LogP contribution in [0, 0.1) is 0 Å². The molecule has 0 aliphatic carbocycles. The van der Waals surface area contributed by atoms with E-state index in [4.69, 9.17) is 23.4 Å². The lowest BCUT2D eigenvalue weighted by Crippen LogP contribution is -2.26. The topological polar surface area (TPSA) is 116 Å². The summed E-state index contributed by atoms with van der Waals surface area (Å²) in [6.45, 7) is 0.505. The van der Waals surface area contributed by atoms with Crippen molar-refractivity contribution in [3.8, 4) is 28.7 Å². The number of carbonyl (C=O) groups is 1. The predicted molar refractivity (Wildman–Crippen MR) is 128 cm³/mol. The fourth-order valence-electron chi connectivity index (χ4n) is 4.48. The third-order valence-electron chi connectivity index (χ3n) is 6.28. The van der Waals surface area contributed by atoms with E-state index >= 15 is 0 Å². The van der Waals surface area contributed by atoms with Gasteiger partial charge in [-0.2, -0.15) is 0 Å². The smallest absolute Gasteiger partial charge is 0.343 e. The molecule has 1 atom stereocenters. The predicted octanol–water partition coefficient (Wildman–Crippen LogP) is 3.79. The highest BCUT2D eigenvalue weighted by atomic mass is 16.7. The maximum Gasteiger partial charge on any atom is 0.343 e. The van der Waals surface area contributed by atoms with E-state index in [9.17, 15) is 14.7 Å². The van der Waals surface area contributed by atoms with Crippen LogP contribution in [0.25, 0.3) is 11.0 Å². The Bertz CT molecular complexity index is 1540. The van der Waals surface area contributed by atoms with Crippen LogP contribution in [0.4, 0.5) is 0 Å². The number of rotatable bonds is 6. The zero-order valence-electron chi connectivity index (χ0n) is 19.0. The first-order valence-electron chi connectivity index (χ1n) is 11.4.